The molecule has 0 saturated heterocycles. The van der Waals surface area contributed by atoms with Gasteiger partial charge in [0.25, 0.3) is 0 Å². The molecule has 3 aromatic rings. The lowest BCUT2D eigenvalue weighted by Gasteiger charge is -2.09. The fourth-order valence-corrected chi connectivity index (χ4v) is 2.65. The van der Waals surface area contributed by atoms with Gasteiger partial charge in [0.15, 0.2) is 0 Å². The van der Waals surface area contributed by atoms with Crippen LogP contribution in [0, 0.1) is 0 Å². The van der Waals surface area contributed by atoms with Crippen LogP contribution in [-0.4, -0.2) is 25.0 Å². The minimum absolute atomic E-state index is 0.558. The molecule has 0 fully saturated rings. The van der Waals surface area contributed by atoms with Gasteiger partial charge in [0.1, 0.15) is 5.82 Å². The third-order valence-corrected chi connectivity index (χ3v) is 3.67. The van der Waals surface area contributed by atoms with Crippen molar-refractivity contribution < 1.29 is 0 Å². The number of alkyl halides is 1. The molecule has 0 spiro atoms. The van der Waals surface area contributed by atoms with Crippen molar-refractivity contribution in [1.29, 1.82) is 0 Å². The second kappa shape index (κ2) is 5.85. The molecule has 0 aliphatic carbocycles. The fraction of sp³-hybridized carbons (Fsp3) is 0.286. The van der Waals surface area contributed by atoms with E-state index in [9.17, 15) is 0 Å². The Morgan fingerprint density at radius 1 is 1.20 bits per heavy atom. The second-order valence-corrected chi connectivity index (χ2v) is 5.37. The quantitative estimate of drug-likeness (QED) is 0.677. The summed E-state index contributed by atoms with van der Waals surface area (Å²) in [4.78, 5) is 8.69. The Balaban J connectivity index is 1.95. The topological polar surface area (TPSA) is 35.6 Å². The van der Waals surface area contributed by atoms with Gasteiger partial charge >= 0.3 is 0 Å². The van der Waals surface area contributed by atoms with E-state index < -0.39 is 0 Å². The molecular weight excluding hydrogens is 295 g/mol. The molecule has 0 saturated carbocycles. The minimum atomic E-state index is 0.558. The largest absolute Gasteiger partial charge is 0.336 e. The lowest BCUT2D eigenvalue weighted by atomic mass is 10.3. The normalized spacial score (nSPS) is 11.3. The molecule has 0 bridgehead atoms. The van der Waals surface area contributed by atoms with Crippen LogP contribution in [-0.2, 0) is 19.5 Å². The zero-order valence-electron chi connectivity index (χ0n) is 10.8. The number of benzene rings is 1. The van der Waals surface area contributed by atoms with Crippen LogP contribution in [0.25, 0.3) is 11.0 Å². The van der Waals surface area contributed by atoms with Gasteiger partial charge in [-0.1, -0.05) is 11.6 Å². The average Bonchev–Trinajstić information content (AvgIpc) is 3.04. The zero-order valence-corrected chi connectivity index (χ0v) is 12.3. The van der Waals surface area contributed by atoms with Gasteiger partial charge in [0, 0.05) is 42.8 Å². The van der Waals surface area contributed by atoms with Crippen molar-refractivity contribution in [3.05, 3.63) is 47.8 Å². The summed E-state index contributed by atoms with van der Waals surface area (Å²) >= 11 is 11.9. The number of aromatic nitrogens is 4. The molecule has 0 aliphatic rings. The monoisotopic (exact) mass is 308 g/mol. The molecule has 0 unspecified atom stereocenters. The smallest absolute Gasteiger partial charge is 0.111 e. The summed E-state index contributed by atoms with van der Waals surface area (Å²) in [5, 5.41) is 0.703. The first-order valence-corrected chi connectivity index (χ1v) is 7.35. The first kappa shape index (κ1) is 13.5. The van der Waals surface area contributed by atoms with Crippen molar-refractivity contribution in [1.82, 2.24) is 19.1 Å². The van der Waals surface area contributed by atoms with E-state index in [0.29, 0.717) is 10.9 Å². The van der Waals surface area contributed by atoms with E-state index in [-0.39, 0.29) is 0 Å². The van der Waals surface area contributed by atoms with Gasteiger partial charge in [0.05, 0.1) is 17.4 Å². The van der Waals surface area contributed by atoms with Gasteiger partial charge in [-0.2, -0.15) is 0 Å². The van der Waals surface area contributed by atoms with E-state index in [1.54, 1.807) is 6.20 Å². The van der Waals surface area contributed by atoms with E-state index in [1.807, 2.05) is 35.3 Å². The number of fused-ring (bicyclic) bond motifs is 1. The first-order chi connectivity index (χ1) is 9.78. The van der Waals surface area contributed by atoms with Crippen molar-refractivity contribution in [3.63, 3.8) is 0 Å². The predicted octanol–water partition coefficient (Wildman–Crippen LogP) is 3.37. The van der Waals surface area contributed by atoms with E-state index >= 15 is 0 Å². The Labute approximate surface area is 127 Å². The number of hydrogen-bond acceptors (Lipinski definition) is 2. The average molecular weight is 309 g/mol. The Morgan fingerprint density at radius 2 is 2.10 bits per heavy atom. The standard InChI is InChI=1S/C14H14Cl2N4/c15-4-3-14-18-12-9-11(16)1-2-13(12)20(14)8-7-19-6-5-17-10-19/h1-2,5-6,9-10H,3-4,7-8H2. The molecule has 4 nitrogen and oxygen atoms in total. The van der Waals surface area contributed by atoms with Crippen molar-refractivity contribution in [2.24, 2.45) is 0 Å². The highest BCUT2D eigenvalue weighted by atomic mass is 35.5. The van der Waals surface area contributed by atoms with Crippen molar-refractivity contribution in [2.75, 3.05) is 5.88 Å². The Morgan fingerprint density at radius 3 is 2.85 bits per heavy atom. The van der Waals surface area contributed by atoms with Crippen LogP contribution in [0.2, 0.25) is 5.02 Å². The van der Waals surface area contributed by atoms with Crippen molar-refractivity contribution >= 4 is 34.2 Å². The lowest BCUT2D eigenvalue weighted by Crippen LogP contribution is -2.09. The molecule has 6 heteroatoms. The van der Waals surface area contributed by atoms with E-state index in [4.69, 9.17) is 23.2 Å². The predicted molar refractivity (Wildman–Crippen MR) is 81.4 cm³/mol. The highest BCUT2D eigenvalue weighted by Crippen LogP contribution is 2.21. The van der Waals surface area contributed by atoms with Crippen molar-refractivity contribution in [2.45, 2.75) is 19.5 Å². The van der Waals surface area contributed by atoms with Crippen LogP contribution in [0.4, 0.5) is 0 Å². The SMILES string of the molecule is ClCCc1nc2cc(Cl)ccc2n1CCn1ccnc1. The summed E-state index contributed by atoms with van der Waals surface area (Å²) in [7, 11) is 0. The van der Waals surface area contributed by atoms with E-state index in [2.05, 4.69) is 14.5 Å². The van der Waals surface area contributed by atoms with E-state index in [0.717, 1.165) is 36.4 Å². The Hall–Kier alpha value is -1.52. The highest BCUT2D eigenvalue weighted by molar-refractivity contribution is 6.31. The number of halogens is 2. The van der Waals surface area contributed by atoms with E-state index in [1.165, 1.54) is 0 Å². The summed E-state index contributed by atoms with van der Waals surface area (Å²) in [6.45, 7) is 1.68. The number of imidazole rings is 2. The number of hydrogen-bond donors (Lipinski definition) is 0. The van der Waals surface area contributed by atoms with Crippen LogP contribution < -0.4 is 0 Å². The van der Waals surface area contributed by atoms with Crippen LogP contribution in [0.5, 0.6) is 0 Å². The van der Waals surface area contributed by atoms with Crippen LogP contribution >= 0.6 is 23.2 Å². The summed E-state index contributed by atoms with van der Waals surface area (Å²) in [5.41, 5.74) is 2.01. The van der Waals surface area contributed by atoms with Gasteiger partial charge in [-0.3, -0.25) is 0 Å². The molecule has 0 aliphatic heterocycles. The van der Waals surface area contributed by atoms with Gasteiger partial charge in [-0.05, 0) is 18.2 Å². The molecule has 104 valence electrons. The third kappa shape index (κ3) is 2.67. The number of nitrogens with zero attached hydrogens (tertiary/aromatic N) is 4. The molecule has 20 heavy (non-hydrogen) atoms. The molecule has 0 atom stereocenters. The highest BCUT2D eigenvalue weighted by Gasteiger charge is 2.10. The summed E-state index contributed by atoms with van der Waals surface area (Å²) in [6.07, 6.45) is 6.30. The maximum absolute atomic E-state index is 6.03. The summed E-state index contributed by atoms with van der Waals surface area (Å²) in [5.74, 6) is 1.56. The van der Waals surface area contributed by atoms with Gasteiger partial charge in [-0.15, -0.1) is 11.6 Å². The van der Waals surface area contributed by atoms with Gasteiger partial charge in [0.2, 0.25) is 0 Å². The molecule has 2 heterocycles. The zero-order chi connectivity index (χ0) is 13.9. The van der Waals surface area contributed by atoms with Crippen LogP contribution in [0.15, 0.2) is 36.9 Å². The fourth-order valence-electron chi connectivity index (χ4n) is 2.31. The van der Waals surface area contributed by atoms with Gasteiger partial charge in [-0.25, -0.2) is 9.97 Å². The Kier molecular flexibility index (Phi) is 3.94. The molecular formula is C14H14Cl2N4. The van der Waals surface area contributed by atoms with Crippen LogP contribution in [0.3, 0.4) is 0 Å². The second-order valence-electron chi connectivity index (χ2n) is 4.55. The summed E-state index contributed by atoms with van der Waals surface area (Å²) < 4.78 is 4.25. The summed E-state index contributed by atoms with van der Waals surface area (Å²) in [6, 6.07) is 5.79. The number of rotatable bonds is 5. The molecule has 2 aromatic heterocycles. The molecule has 0 amide bonds. The number of aryl methyl sites for hydroxylation is 3. The molecule has 0 N–H and O–H groups in total. The first-order valence-electron chi connectivity index (χ1n) is 6.44. The minimum Gasteiger partial charge on any atom is -0.336 e. The Bertz CT molecular complexity index is 703. The molecule has 1 aromatic carbocycles. The van der Waals surface area contributed by atoms with Gasteiger partial charge < -0.3 is 9.13 Å². The lowest BCUT2D eigenvalue weighted by molar-refractivity contribution is 0.572. The maximum atomic E-state index is 6.03. The molecule has 0 radical (unpaired) electrons. The maximum Gasteiger partial charge on any atom is 0.111 e. The molecule has 3 rings (SSSR count). The van der Waals surface area contributed by atoms with Crippen LogP contribution in [0.1, 0.15) is 5.82 Å². The third-order valence-electron chi connectivity index (χ3n) is 3.25. The van der Waals surface area contributed by atoms with Crippen molar-refractivity contribution in [3.8, 4) is 0 Å².